The third-order valence-corrected chi connectivity index (χ3v) is 7.25. The number of hydrogen-bond acceptors (Lipinski definition) is 6. The van der Waals surface area contributed by atoms with Gasteiger partial charge in [-0.2, -0.15) is 0 Å². The molecule has 5 rings (SSSR count). The zero-order valence-electron chi connectivity index (χ0n) is 19.0. The normalized spacial score (nSPS) is 14.4. The van der Waals surface area contributed by atoms with Crippen molar-refractivity contribution in [2.24, 2.45) is 0 Å². The van der Waals surface area contributed by atoms with Crippen LogP contribution in [0.4, 0.5) is 10.5 Å². The summed E-state index contributed by atoms with van der Waals surface area (Å²) in [7, 11) is 0. The van der Waals surface area contributed by atoms with Gasteiger partial charge in [-0.05, 0) is 56.5 Å². The smallest absolute Gasteiger partial charge is 0.321 e. The number of anilines is 1. The number of nitrogens with one attached hydrogen (secondary N) is 2. The molecule has 1 saturated heterocycles. The van der Waals surface area contributed by atoms with Crippen molar-refractivity contribution < 1.29 is 14.0 Å². The Hall–Kier alpha value is -3.72. The van der Waals surface area contributed by atoms with Crippen LogP contribution in [0.2, 0.25) is 0 Å². The number of piperidine rings is 1. The highest BCUT2D eigenvalue weighted by Gasteiger charge is 2.26. The molecule has 0 bridgehead atoms. The van der Waals surface area contributed by atoms with E-state index in [0.29, 0.717) is 42.4 Å². The Morgan fingerprint density at radius 1 is 1.06 bits per heavy atom. The second-order valence-electron chi connectivity index (χ2n) is 8.38. The summed E-state index contributed by atoms with van der Waals surface area (Å²) in [5.74, 6) is 1.01. The average Bonchev–Trinajstić information content (AvgIpc) is 3.49. The number of hydrogen-bond donors (Lipinski definition) is 2. The lowest BCUT2D eigenvalue weighted by Crippen LogP contribution is -2.47. The molecular weight excluding hydrogens is 450 g/mol. The van der Waals surface area contributed by atoms with Crippen LogP contribution < -0.4 is 10.6 Å². The number of rotatable bonds is 4. The molecule has 0 radical (unpaired) electrons. The Morgan fingerprint density at radius 2 is 1.82 bits per heavy atom. The fourth-order valence-electron chi connectivity index (χ4n) is 4.27. The Balaban J connectivity index is 1.24. The number of furan rings is 1. The van der Waals surface area contributed by atoms with Gasteiger partial charge >= 0.3 is 6.03 Å². The number of carbonyl (C=O) groups is 2. The van der Waals surface area contributed by atoms with Crippen molar-refractivity contribution in [3.05, 3.63) is 64.9 Å². The lowest BCUT2D eigenvalue weighted by Gasteiger charge is -2.32. The van der Waals surface area contributed by atoms with Gasteiger partial charge in [0.25, 0.3) is 5.91 Å². The van der Waals surface area contributed by atoms with Gasteiger partial charge in [0.05, 0.1) is 16.8 Å². The minimum Gasteiger partial charge on any atom is -0.461 e. The van der Waals surface area contributed by atoms with Crippen LogP contribution in [0.1, 0.15) is 33.8 Å². The van der Waals surface area contributed by atoms with E-state index in [2.05, 4.69) is 20.6 Å². The molecule has 0 spiro atoms. The quantitative estimate of drug-likeness (QED) is 0.433. The van der Waals surface area contributed by atoms with E-state index in [0.717, 1.165) is 27.2 Å². The lowest BCUT2D eigenvalue weighted by molar-refractivity contribution is 0.0923. The second kappa shape index (κ2) is 9.26. The van der Waals surface area contributed by atoms with Gasteiger partial charge in [-0.1, -0.05) is 18.2 Å². The second-order valence-corrected chi connectivity index (χ2v) is 9.38. The fraction of sp³-hybridized carbons (Fsp3) is 0.280. The predicted molar refractivity (Wildman–Crippen MR) is 132 cm³/mol. The Kier molecular flexibility index (Phi) is 6.02. The zero-order chi connectivity index (χ0) is 23.7. The number of nitrogens with zero attached hydrogens (tertiary/aromatic N) is 3. The first-order valence-corrected chi connectivity index (χ1v) is 12.0. The molecular formula is C25H25N5O3S. The van der Waals surface area contributed by atoms with Gasteiger partial charge in [0.1, 0.15) is 4.83 Å². The van der Waals surface area contributed by atoms with Crippen molar-refractivity contribution in [2.75, 3.05) is 18.4 Å². The molecule has 3 aromatic heterocycles. The van der Waals surface area contributed by atoms with Gasteiger partial charge < -0.3 is 20.0 Å². The number of para-hydroxylation sites is 1. The molecule has 1 aliphatic rings. The maximum Gasteiger partial charge on any atom is 0.321 e. The van der Waals surface area contributed by atoms with Gasteiger partial charge in [-0.15, -0.1) is 11.3 Å². The number of aromatic nitrogens is 2. The first-order chi connectivity index (χ1) is 16.5. The SMILES string of the molecule is Cc1nc(-c2ccco2)nc2sc(C(=O)NC3CCN(C(=O)Nc4ccccc4)CC3)c(C)c12. The van der Waals surface area contributed by atoms with Crippen molar-refractivity contribution in [1.82, 2.24) is 20.2 Å². The summed E-state index contributed by atoms with van der Waals surface area (Å²) in [4.78, 5) is 38.1. The fourth-order valence-corrected chi connectivity index (χ4v) is 5.41. The van der Waals surface area contributed by atoms with E-state index in [-0.39, 0.29) is 18.0 Å². The molecule has 0 atom stereocenters. The molecule has 3 amide bonds. The third-order valence-electron chi connectivity index (χ3n) is 6.06. The van der Waals surface area contributed by atoms with E-state index in [9.17, 15) is 9.59 Å². The molecule has 1 aliphatic heterocycles. The van der Waals surface area contributed by atoms with E-state index < -0.39 is 0 Å². The van der Waals surface area contributed by atoms with Crippen molar-refractivity contribution in [3.63, 3.8) is 0 Å². The minimum absolute atomic E-state index is 0.0174. The number of aryl methyl sites for hydroxylation is 2. The van der Waals surface area contributed by atoms with Crippen LogP contribution in [0.15, 0.2) is 53.1 Å². The third kappa shape index (κ3) is 4.38. The van der Waals surface area contributed by atoms with Crippen molar-refractivity contribution >= 4 is 39.2 Å². The van der Waals surface area contributed by atoms with Crippen LogP contribution in [-0.4, -0.2) is 45.9 Å². The molecule has 8 nitrogen and oxygen atoms in total. The molecule has 4 heterocycles. The molecule has 1 aromatic carbocycles. The number of benzene rings is 1. The maximum absolute atomic E-state index is 13.1. The van der Waals surface area contributed by atoms with Crippen LogP contribution in [0, 0.1) is 13.8 Å². The van der Waals surface area contributed by atoms with Crippen LogP contribution >= 0.6 is 11.3 Å². The molecule has 9 heteroatoms. The van der Waals surface area contributed by atoms with Crippen molar-refractivity contribution in [3.8, 4) is 11.6 Å². The van der Waals surface area contributed by atoms with Crippen molar-refractivity contribution in [2.45, 2.75) is 32.7 Å². The minimum atomic E-state index is -0.113. The van der Waals surface area contributed by atoms with Crippen LogP contribution in [0.3, 0.4) is 0 Å². The number of carbonyl (C=O) groups excluding carboxylic acids is 2. The van der Waals surface area contributed by atoms with E-state index >= 15 is 0 Å². The number of thiophene rings is 1. The van der Waals surface area contributed by atoms with E-state index in [1.54, 1.807) is 17.2 Å². The molecule has 0 aliphatic carbocycles. The number of likely N-dealkylation sites (tertiary alicyclic amines) is 1. The predicted octanol–water partition coefficient (Wildman–Crippen LogP) is 4.99. The van der Waals surface area contributed by atoms with Gasteiger partial charge in [0, 0.05) is 30.2 Å². The van der Waals surface area contributed by atoms with E-state index in [4.69, 9.17) is 4.42 Å². The number of fused-ring (bicyclic) bond motifs is 1. The molecule has 174 valence electrons. The number of amides is 3. The average molecular weight is 476 g/mol. The largest absolute Gasteiger partial charge is 0.461 e. The molecule has 4 aromatic rings. The lowest BCUT2D eigenvalue weighted by atomic mass is 10.0. The highest BCUT2D eigenvalue weighted by Crippen LogP contribution is 2.33. The van der Waals surface area contributed by atoms with E-state index in [1.165, 1.54) is 11.3 Å². The van der Waals surface area contributed by atoms with Crippen LogP contribution in [-0.2, 0) is 0 Å². The molecule has 1 fully saturated rings. The maximum atomic E-state index is 13.1. The Morgan fingerprint density at radius 3 is 2.53 bits per heavy atom. The highest BCUT2D eigenvalue weighted by molar-refractivity contribution is 7.20. The topological polar surface area (TPSA) is 100 Å². The first kappa shape index (κ1) is 22.1. The summed E-state index contributed by atoms with van der Waals surface area (Å²) in [5.41, 5.74) is 2.49. The highest BCUT2D eigenvalue weighted by atomic mass is 32.1. The molecule has 0 saturated carbocycles. The van der Waals surface area contributed by atoms with Gasteiger partial charge in [0.2, 0.25) is 0 Å². The van der Waals surface area contributed by atoms with Crippen molar-refractivity contribution in [1.29, 1.82) is 0 Å². The summed E-state index contributed by atoms with van der Waals surface area (Å²) in [6.07, 6.45) is 3.01. The van der Waals surface area contributed by atoms with Crippen LogP contribution in [0.25, 0.3) is 21.8 Å². The zero-order valence-corrected chi connectivity index (χ0v) is 19.8. The monoisotopic (exact) mass is 475 g/mol. The van der Waals surface area contributed by atoms with Gasteiger partial charge in [-0.3, -0.25) is 4.79 Å². The molecule has 2 N–H and O–H groups in total. The standard InChI is InChI=1S/C25H25N5O3S/c1-15-20-16(2)26-22(19-9-6-14-33-19)29-24(20)34-21(15)23(31)27-18-10-12-30(13-11-18)25(32)28-17-7-4-3-5-8-17/h3-9,14,18H,10-13H2,1-2H3,(H,27,31)(H,28,32). The summed E-state index contributed by atoms with van der Waals surface area (Å²) in [5, 5.41) is 6.99. The molecule has 0 unspecified atom stereocenters. The van der Waals surface area contributed by atoms with Crippen LogP contribution in [0.5, 0.6) is 0 Å². The Labute approximate surface area is 201 Å². The molecule has 34 heavy (non-hydrogen) atoms. The van der Waals surface area contributed by atoms with E-state index in [1.807, 2.05) is 50.2 Å². The number of urea groups is 1. The summed E-state index contributed by atoms with van der Waals surface area (Å²) >= 11 is 1.37. The summed E-state index contributed by atoms with van der Waals surface area (Å²) in [6, 6.07) is 12.9. The summed E-state index contributed by atoms with van der Waals surface area (Å²) < 4.78 is 5.44. The summed E-state index contributed by atoms with van der Waals surface area (Å²) in [6.45, 7) is 5.04. The van der Waals surface area contributed by atoms with Gasteiger partial charge in [-0.25, -0.2) is 14.8 Å². The first-order valence-electron chi connectivity index (χ1n) is 11.2. The van der Waals surface area contributed by atoms with Gasteiger partial charge in [0.15, 0.2) is 11.6 Å². The Bertz CT molecular complexity index is 1330.